The van der Waals surface area contributed by atoms with E-state index in [2.05, 4.69) is 11.9 Å². The second-order valence-corrected chi connectivity index (χ2v) is 8.42. The molecule has 5 rings (SSSR count). The van der Waals surface area contributed by atoms with Crippen molar-refractivity contribution in [1.29, 1.82) is 0 Å². The third-order valence-corrected chi connectivity index (χ3v) is 6.42. The second kappa shape index (κ2) is 8.67. The number of pyridine rings is 1. The van der Waals surface area contributed by atoms with Gasteiger partial charge in [-0.2, -0.15) is 0 Å². The number of nitrogens with zero attached hydrogens (tertiary/aromatic N) is 3. The van der Waals surface area contributed by atoms with E-state index in [1.165, 1.54) is 4.90 Å². The summed E-state index contributed by atoms with van der Waals surface area (Å²) >= 11 is 0. The molecule has 2 aromatic carbocycles. The lowest BCUT2D eigenvalue weighted by Gasteiger charge is -2.28. The Hall–Kier alpha value is -4.13. The number of Topliss-reactive ketones (excluding diaryl/α,β-unsaturated/α-hetero) is 1. The minimum absolute atomic E-state index is 0.0510. The Kier molecular flexibility index (Phi) is 5.53. The van der Waals surface area contributed by atoms with Crippen molar-refractivity contribution in [2.45, 2.75) is 19.4 Å². The third kappa shape index (κ3) is 3.59. The number of fused-ring (bicyclic) bond motifs is 1. The maximum atomic E-state index is 13.3. The van der Waals surface area contributed by atoms with Gasteiger partial charge >= 0.3 is 0 Å². The molecule has 2 aliphatic heterocycles. The number of ether oxygens (including phenoxy) is 1. The van der Waals surface area contributed by atoms with Gasteiger partial charge in [-0.3, -0.25) is 19.5 Å². The molecule has 1 unspecified atom stereocenters. The van der Waals surface area contributed by atoms with Crippen LogP contribution in [0.4, 0.5) is 11.4 Å². The number of ketones is 1. The molecule has 2 aliphatic rings. The number of aliphatic hydroxyl groups excluding tert-OH is 1. The number of carbonyl (C=O) groups is 2. The van der Waals surface area contributed by atoms with Crippen LogP contribution in [0.15, 0.2) is 72.6 Å². The molecule has 0 saturated carbocycles. The zero-order valence-electron chi connectivity index (χ0n) is 19.1. The van der Waals surface area contributed by atoms with E-state index in [1.54, 1.807) is 42.7 Å². The smallest absolute Gasteiger partial charge is 0.300 e. The van der Waals surface area contributed by atoms with E-state index in [0.717, 1.165) is 17.7 Å². The average molecular weight is 456 g/mol. The normalized spacial score (nSPS) is 19.2. The van der Waals surface area contributed by atoms with E-state index >= 15 is 0 Å². The van der Waals surface area contributed by atoms with Gasteiger partial charge in [0.25, 0.3) is 11.7 Å². The summed E-state index contributed by atoms with van der Waals surface area (Å²) in [5.41, 5.74) is 3.73. The molecule has 1 saturated heterocycles. The number of aryl methyl sites for hydroxylation is 1. The van der Waals surface area contributed by atoms with Crippen molar-refractivity contribution in [3.05, 3.63) is 89.3 Å². The van der Waals surface area contributed by atoms with Gasteiger partial charge in [0, 0.05) is 30.7 Å². The molecule has 1 fully saturated rings. The van der Waals surface area contributed by atoms with Crippen molar-refractivity contribution in [3.8, 4) is 5.75 Å². The Balaban J connectivity index is 1.67. The molecule has 0 bridgehead atoms. The van der Waals surface area contributed by atoms with Gasteiger partial charge in [0.15, 0.2) is 0 Å². The van der Waals surface area contributed by atoms with E-state index < -0.39 is 17.7 Å². The Morgan fingerprint density at radius 3 is 2.53 bits per heavy atom. The molecule has 0 radical (unpaired) electrons. The molecule has 7 heteroatoms. The number of hydrogen-bond acceptors (Lipinski definition) is 6. The zero-order valence-corrected chi connectivity index (χ0v) is 19.1. The summed E-state index contributed by atoms with van der Waals surface area (Å²) in [4.78, 5) is 34.1. The fourth-order valence-electron chi connectivity index (χ4n) is 4.51. The first-order chi connectivity index (χ1) is 16.5. The quantitative estimate of drug-likeness (QED) is 0.362. The van der Waals surface area contributed by atoms with Crippen molar-refractivity contribution in [1.82, 2.24) is 4.98 Å². The van der Waals surface area contributed by atoms with Gasteiger partial charge in [0.2, 0.25) is 0 Å². The summed E-state index contributed by atoms with van der Waals surface area (Å²) in [6, 6.07) is 15.6. The number of aromatic nitrogens is 1. The monoisotopic (exact) mass is 455 g/mol. The molecule has 3 heterocycles. The van der Waals surface area contributed by atoms with Crippen LogP contribution in [0.25, 0.3) is 5.76 Å². The Bertz CT molecular complexity index is 1280. The summed E-state index contributed by atoms with van der Waals surface area (Å²) in [6.07, 6.45) is 4.09. The van der Waals surface area contributed by atoms with Crippen molar-refractivity contribution in [3.63, 3.8) is 0 Å². The Morgan fingerprint density at radius 2 is 1.82 bits per heavy atom. The first-order valence-corrected chi connectivity index (χ1v) is 11.3. The van der Waals surface area contributed by atoms with Gasteiger partial charge < -0.3 is 14.7 Å². The number of carbonyl (C=O) groups excluding carboxylic acids is 2. The predicted octanol–water partition coefficient (Wildman–Crippen LogP) is 4.10. The highest BCUT2D eigenvalue weighted by Crippen LogP contribution is 2.43. The van der Waals surface area contributed by atoms with Crippen LogP contribution in [0.1, 0.15) is 29.7 Å². The molecule has 7 nitrogen and oxygen atoms in total. The van der Waals surface area contributed by atoms with Gasteiger partial charge in [-0.1, -0.05) is 19.1 Å². The predicted molar refractivity (Wildman–Crippen MR) is 130 cm³/mol. The number of hydrogen-bond donors (Lipinski definition) is 1. The SMILES string of the molecule is CCc1ccc(N2C(=O)C(=O)/C(=C(\O)c3ccc4c(c3)N(C)CCO4)C2c2ccncc2)cc1. The number of rotatable bonds is 4. The van der Waals surface area contributed by atoms with Crippen molar-refractivity contribution < 1.29 is 19.4 Å². The molecule has 3 aromatic rings. The number of aliphatic hydroxyl groups is 1. The van der Waals surface area contributed by atoms with Gasteiger partial charge in [-0.25, -0.2) is 0 Å². The zero-order chi connectivity index (χ0) is 23.8. The second-order valence-electron chi connectivity index (χ2n) is 8.42. The van der Waals surface area contributed by atoms with Gasteiger partial charge in [-0.15, -0.1) is 0 Å². The maximum Gasteiger partial charge on any atom is 0.300 e. The Morgan fingerprint density at radius 1 is 1.09 bits per heavy atom. The molecule has 0 spiro atoms. The lowest BCUT2D eigenvalue weighted by Crippen LogP contribution is -2.29. The minimum Gasteiger partial charge on any atom is -0.507 e. The van der Waals surface area contributed by atoms with Crippen molar-refractivity contribution in [2.24, 2.45) is 0 Å². The van der Waals surface area contributed by atoms with E-state index in [4.69, 9.17) is 4.74 Å². The molecule has 1 atom stereocenters. The first kappa shape index (κ1) is 21.7. The van der Waals surface area contributed by atoms with Crippen LogP contribution >= 0.6 is 0 Å². The van der Waals surface area contributed by atoms with Gasteiger partial charge in [-0.05, 0) is 60.0 Å². The van der Waals surface area contributed by atoms with Crippen LogP contribution in [-0.4, -0.2) is 42.0 Å². The van der Waals surface area contributed by atoms with Crippen LogP contribution in [0.2, 0.25) is 0 Å². The van der Waals surface area contributed by atoms with E-state index in [9.17, 15) is 14.7 Å². The van der Waals surface area contributed by atoms with Crippen LogP contribution in [-0.2, 0) is 16.0 Å². The van der Waals surface area contributed by atoms with Crippen LogP contribution in [0.3, 0.4) is 0 Å². The largest absolute Gasteiger partial charge is 0.507 e. The van der Waals surface area contributed by atoms with Crippen molar-refractivity contribution >= 4 is 28.8 Å². The third-order valence-electron chi connectivity index (χ3n) is 6.42. The molecule has 34 heavy (non-hydrogen) atoms. The molecule has 0 aliphatic carbocycles. The maximum absolute atomic E-state index is 13.3. The summed E-state index contributed by atoms with van der Waals surface area (Å²) in [5.74, 6) is -0.894. The van der Waals surface area contributed by atoms with Crippen LogP contribution < -0.4 is 14.5 Å². The fourth-order valence-corrected chi connectivity index (χ4v) is 4.51. The topological polar surface area (TPSA) is 83.0 Å². The van der Waals surface area contributed by atoms with Crippen LogP contribution in [0.5, 0.6) is 5.75 Å². The fraction of sp³-hybridized carbons (Fsp3) is 0.222. The molecule has 1 amide bonds. The molecular weight excluding hydrogens is 430 g/mol. The average Bonchev–Trinajstić information content (AvgIpc) is 3.14. The van der Waals surface area contributed by atoms with Crippen LogP contribution in [0, 0.1) is 0 Å². The summed E-state index contributed by atoms with van der Waals surface area (Å²) < 4.78 is 5.70. The highest BCUT2D eigenvalue weighted by atomic mass is 16.5. The highest BCUT2D eigenvalue weighted by Gasteiger charge is 2.47. The number of benzene rings is 2. The van der Waals surface area contributed by atoms with E-state index in [1.807, 2.05) is 36.2 Å². The lowest BCUT2D eigenvalue weighted by molar-refractivity contribution is -0.132. The standard InChI is InChI=1S/C27H25N3O4/c1-3-17-4-7-20(8-5-17)30-24(18-10-12-28-13-11-18)23(26(32)27(30)33)25(31)19-6-9-22-21(16-19)29(2)14-15-34-22/h4-13,16,24,31H,3,14-15H2,1-2H3/b25-23-. The highest BCUT2D eigenvalue weighted by molar-refractivity contribution is 6.51. The van der Waals surface area contributed by atoms with Gasteiger partial charge in [0.1, 0.15) is 18.1 Å². The molecule has 172 valence electrons. The number of anilines is 2. The molecule has 1 aromatic heterocycles. The number of likely N-dealkylation sites (N-methyl/N-ethyl adjacent to an activating group) is 1. The number of amides is 1. The lowest BCUT2D eigenvalue weighted by atomic mass is 9.95. The van der Waals surface area contributed by atoms with Gasteiger partial charge in [0.05, 0.1) is 23.8 Å². The molecule has 1 N–H and O–H groups in total. The Labute approximate surface area is 197 Å². The summed E-state index contributed by atoms with van der Waals surface area (Å²) in [6.45, 7) is 3.35. The van der Waals surface area contributed by atoms with E-state index in [-0.39, 0.29) is 11.3 Å². The van der Waals surface area contributed by atoms with E-state index in [0.29, 0.717) is 35.7 Å². The van der Waals surface area contributed by atoms with Crippen molar-refractivity contribution in [2.75, 3.05) is 30.0 Å². The molecular formula is C27H25N3O4. The summed E-state index contributed by atoms with van der Waals surface area (Å²) in [5, 5.41) is 11.4. The minimum atomic E-state index is -0.777. The summed E-state index contributed by atoms with van der Waals surface area (Å²) in [7, 11) is 1.95. The first-order valence-electron chi connectivity index (χ1n) is 11.3.